The summed E-state index contributed by atoms with van der Waals surface area (Å²) in [5, 5.41) is 3.74. The maximum Gasteiger partial charge on any atom is 0.332 e. The predicted molar refractivity (Wildman–Crippen MR) is 130 cm³/mol. The van der Waals surface area contributed by atoms with Crippen LogP contribution in [0.5, 0.6) is 0 Å². The SMILES string of the molecule is Cn1cnc2c1c(=O)n(CC(=O)Nc1sc3c(c1C(=O)c1ccc(Cl)cc1)CCC3)c(=O)n2C. The number of nitrogens with one attached hydrogen (secondary N) is 1. The van der Waals surface area contributed by atoms with Gasteiger partial charge in [-0.25, -0.2) is 14.3 Å². The zero-order valence-electron chi connectivity index (χ0n) is 18.4. The molecule has 0 atom stereocenters. The van der Waals surface area contributed by atoms with Crippen LogP contribution < -0.4 is 16.6 Å². The van der Waals surface area contributed by atoms with Gasteiger partial charge < -0.3 is 9.88 Å². The van der Waals surface area contributed by atoms with E-state index in [1.54, 1.807) is 31.3 Å². The van der Waals surface area contributed by atoms with Crippen LogP contribution in [0.25, 0.3) is 11.2 Å². The molecule has 1 amide bonds. The molecular formula is C23H20ClN5O4S. The first-order valence-electron chi connectivity index (χ1n) is 10.6. The van der Waals surface area contributed by atoms with Crippen molar-refractivity contribution in [3.05, 3.63) is 78.0 Å². The van der Waals surface area contributed by atoms with Crippen LogP contribution in [0.3, 0.4) is 0 Å². The second kappa shape index (κ2) is 8.37. The highest BCUT2D eigenvalue weighted by Crippen LogP contribution is 2.40. The van der Waals surface area contributed by atoms with Crippen molar-refractivity contribution in [1.29, 1.82) is 0 Å². The average Bonchev–Trinajstić information content (AvgIpc) is 3.50. The van der Waals surface area contributed by atoms with Crippen molar-refractivity contribution in [2.75, 3.05) is 5.32 Å². The lowest BCUT2D eigenvalue weighted by Gasteiger charge is -2.10. The van der Waals surface area contributed by atoms with Crippen molar-refractivity contribution in [3.63, 3.8) is 0 Å². The fourth-order valence-corrected chi connectivity index (χ4v) is 5.75. The molecule has 0 saturated carbocycles. The molecule has 9 nitrogen and oxygen atoms in total. The van der Waals surface area contributed by atoms with Gasteiger partial charge in [-0.3, -0.25) is 19.0 Å². The van der Waals surface area contributed by atoms with Crippen LogP contribution in [0.2, 0.25) is 5.02 Å². The largest absolute Gasteiger partial charge is 0.332 e. The number of anilines is 1. The molecule has 5 rings (SSSR count). The van der Waals surface area contributed by atoms with Crippen molar-refractivity contribution in [2.45, 2.75) is 25.8 Å². The molecule has 0 fully saturated rings. The van der Waals surface area contributed by atoms with Crippen LogP contribution in [0.1, 0.15) is 32.8 Å². The van der Waals surface area contributed by atoms with E-state index in [0.29, 0.717) is 21.2 Å². The van der Waals surface area contributed by atoms with Gasteiger partial charge in [-0.05, 0) is 49.1 Å². The van der Waals surface area contributed by atoms with E-state index in [1.165, 1.54) is 33.8 Å². The van der Waals surface area contributed by atoms with E-state index >= 15 is 0 Å². The van der Waals surface area contributed by atoms with E-state index in [-0.39, 0.29) is 16.9 Å². The quantitative estimate of drug-likeness (QED) is 0.426. The highest BCUT2D eigenvalue weighted by molar-refractivity contribution is 7.17. The molecule has 0 radical (unpaired) electrons. The number of hydrogen-bond acceptors (Lipinski definition) is 6. The highest BCUT2D eigenvalue weighted by atomic mass is 35.5. The van der Waals surface area contributed by atoms with Crippen molar-refractivity contribution in [2.24, 2.45) is 14.1 Å². The van der Waals surface area contributed by atoms with E-state index in [4.69, 9.17) is 11.6 Å². The lowest BCUT2D eigenvalue weighted by molar-refractivity contribution is -0.116. The normalized spacial score (nSPS) is 12.8. The van der Waals surface area contributed by atoms with Gasteiger partial charge in [0, 0.05) is 29.6 Å². The molecule has 11 heteroatoms. The Kier molecular flexibility index (Phi) is 5.49. The van der Waals surface area contributed by atoms with Crippen LogP contribution >= 0.6 is 22.9 Å². The monoisotopic (exact) mass is 497 g/mol. The number of aromatic nitrogens is 4. The number of fused-ring (bicyclic) bond motifs is 2. The molecule has 1 aliphatic rings. The molecule has 0 bridgehead atoms. The Bertz CT molecular complexity index is 1590. The van der Waals surface area contributed by atoms with Gasteiger partial charge in [-0.1, -0.05) is 11.6 Å². The fraction of sp³-hybridized carbons (Fsp3) is 0.261. The molecule has 0 unspecified atom stereocenters. The Morgan fingerprint density at radius 2 is 1.88 bits per heavy atom. The van der Waals surface area contributed by atoms with E-state index in [1.807, 2.05) is 0 Å². The van der Waals surface area contributed by atoms with Crippen LogP contribution in [-0.2, 0) is 38.3 Å². The molecule has 3 aromatic heterocycles. The van der Waals surface area contributed by atoms with E-state index in [2.05, 4.69) is 10.3 Å². The highest BCUT2D eigenvalue weighted by Gasteiger charge is 2.28. The van der Waals surface area contributed by atoms with Crippen LogP contribution in [0.4, 0.5) is 5.00 Å². The van der Waals surface area contributed by atoms with E-state index in [0.717, 1.165) is 34.3 Å². The maximum absolute atomic E-state index is 13.3. The summed E-state index contributed by atoms with van der Waals surface area (Å²) in [4.78, 5) is 57.1. The predicted octanol–water partition coefficient (Wildman–Crippen LogP) is 2.51. The Hall–Kier alpha value is -3.50. The fourth-order valence-electron chi connectivity index (χ4n) is 4.32. The first kappa shape index (κ1) is 22.3. The van der Waals surface area contributed by atoms with Crippen LogP contribution in [0.15, 0.2) is 40.2 Å². The lowest BCUT2D eigenvalue weighted by atomic mass is 10.0. The number of amides is 1. The number of halogens is 1. The summed E-state index contributed by atoms with van der Waals surface area (Å²) < 4.78 is 3.62. The maximum atomic E-state index is 13.3. The summed E-state index contributed by atoms with van der Waals surface area (Å²) in [5.74, 6) is -0.762. The van der Waals surface area contributed by atoms with Crippen molar-refractivity contribution >= 4 is 50.8 Å². The third-order valence-corrected chi connectivity index (χ3v) is 7.47. The lowest BCUT2D eigenvalue weighted by Crippen LogP contribution is -2.42. The second-order valence-electron chi connectivity index (χ2n) is 8.21. The molecule has 4 aromatic rings. The molecule has 174 valence electrons. The smallest absolute Gasteiger partial charge is 0.328 e. The molecule has 34 heavy (non-hydrogen) atoms. The topological polar surface area (TPSA) is 108 Å². The summed E-state index contributed by atoms with van der Waals surface area (Å²) in [6.07, 6.45) is 3.99. The first-order valence-corrected chi connectivity index (χ1v) is 11.8. The van der Waals surface area contributed by atoms with E-state index in [9.17, 15) is 19.2 Å². The number of nitrogens with zero attached hydrogens (tertiary/aromatic N) is 4. The zero-order chi connectivity index (χ0) is 24.1. The Morgan fingerprint density at radius 1 is 1.15 bits per heavy atom. The summed E-state index contributed by atoms with van der Waals surface area (Å²) in [6, 6.07) is 6.61. The van der Waals surface area contributed by atoms with Crippen LogP contribution in [-0.4, -0.2) is 30.4 Å². The van der Waals surface area contributed by atoms with Crippen molar-refractivity contribution in [3.8, 4) is 0 Å². The number of ketones is 1. The number of carbonyl (C=O) groups is 2. The molecule has 1 aliphatic carbocycles. The van der Waals surface area contributed by atoms with Crippen LogP contribution in [0, 0.1) is 0 Å². The molecule has 0 spiro atoms. The standard InChI is InChI=1S/C23H20ClN5O4S/c1-27-11-25-20-18(27)22(32)29(23(33)28(20)2)10-16(30)26-21-17(14-4-3-5-15(14)34-21)19(31)12-6-8-13(24)9-7-12/h6-9,11H,3-5,10H2,1-2H3,(H,26,30). The Balaban J connectivity index is 1.49. The van der Waals surface area contributed by atoms with Gasteiger partial charge in [0.05, 0.1) is 11.9 Å². The molecule has 1 N–H and O–H groups in total. The third kappa shape index (κ3) is 3.59. The summed E-state index contributed by atoms with van der Waals surface area (Å²) >= 11 is 7.33. The average molecular weight is 498 g/mol. The number of thiophene rings is 1. The number of hydrogen-bond donors (Lipinski definition) is 1. The van der Waals surface area contributed by atoms with Gasteiger partial charge in [-0.2, -0.15) is 0 Å². The van der Waals surface area contributed by atoms with Gasteiger partial charge >= 0.3 is 5.69 Å². The summed E-state index contributed by atoms with van der Waals surface area (Å²) in [7, 11) is 3.14. The number of rotatable bonds is 5. The van der Waals surface area contributed by atoms with Gasteiger partial charge in [-0.15, -0.1) is 11.3 Å². The second-order valence-corrected chi connectivity index (χ2v) is 9.75. The zero-order valence-corrected chi connectivity index (χ0v) is 20.0. The number of imidazole rings is 1. The third-order valence-electron chi connectivity index (χ3n) is 6.01. The van der Waals surface area contributed by atoms with Gasteiger partial charge in [0.25, 0.3) is 5.56 Å². The minimum absolute atomic E-state index is 0.198. The molecule has 1 aromatic carbocycles. The minimum atomic E-state index is -0.641. The molecule has 3 heterocycles. The summed E-state index contributed by atoms with van der Waals surface area (Å²) in [5.41, 5.74) is 1.12. The minimum Gasteiger partial charge on any atom is -0.328 e. The molecule has 0 aliphatic heterocycles. The number of carbonyl (C=O) groups excluding carboxylic acids is 2. The van der Waals surface area contributed by atoms with Crippen molar-refractivity contribution < 1.29 is 9.59 Å². The first-order chi connectivity index (χ1) is 16.3. The summed E-state index contributed by atoms with van der Waals surface area (Å²) in [6.45, 7) is -0.482. The Labute approximate surface area is 202 Å². The van der Waals surface area contributed by atoms with Crippen molar-refractivity contribution in [1.82, 2.24) is 18.7 Å². The molecular weight excluding hydrogens is 478 g/mol. The number of aryl methyl sites for hydroxylation is 3. The van der Waals surface area contributed by atoms with E-state index < -0.39 is 23.7 Å². The Morgan fingerprint density at radius 3 is 2.62 bits per heavy atom. The van der Waals surface area contributed by atoms with Gasteiger partial charge in [0.2, 0.25) is 5.91 Å². The number of benzene rings is 1. The van der Waals surface area contributed by atoms with Gasteiger partial charge in [0.15, 0.2) is 16.9 Å². The molecule has 0 saturated heterocycles. The van der Waals surface area contributed by atoms with Gasteiger partial charge in [0.1, 0.15) is 11.5 Å².